The second-order valence-corrected chi connectivity index (χ2v) is 19.4. The molecule has 3 aromatic rings. The summed E-state index contributed by atoms with van der Waals surface area (Å²) in [6.45, 7) is 11.2. The van der Waals surface area contributed by atoms with Crippen LogP contribution in [0.25, 0.3) is 0 Å². The number of nitrogens with zero attached hydrogens (tertiary/aromatic N) is 3. The summed E-state index contributed by atoms with van der Waals surface area (Å²) in [5, 5.41) is 36.5. The van der Waals surface area contributed by atoms with Gasteiger partial charge in [0, 0.05) is 56.2 Å². The van der Waals surface area contributed by atoms with Gasteiger partial charge in [-0.3, -0.25) is 14.9 Å². The van der Waals surface area contributed by atoms with E-state index in [1.54, 1.807) is 24.3 Å². The Labute approximate surface area is 419 Å². The second-order valence-electron chi connectivity index (χ2n) is 19.4. The van der Waals surface area contributed by atoms with Gasteiger partial charge >= 0.3 is 0 Å². The molecule has 2 N–H and O–H groups in total. The van der Waals surface area contributed by atoms with Crippen LogP contribution in [0, 0.1) is 27.9 Å². The molecule has 0 radical (unpaired) electrons. The molecular weight excluding hydrogens is 903 g/mol. The molecular formula is C57H75N3O11. The van der Waals surface area contributed by atoms with E-state index in [1.807, 2.05) is 35.2 Å². The van der Waals surface area contributed by atoms with E-state index in [0.29, 0.717) is 60.1 Å². The van der Waals surface area contributed by atoms with Gasteiger partial charge in [0.15, 0.2) is 11.5 Å². The number of hydrogen-bond donors (Lipinski definition) is 2. The highest BCUT2D eigenvalue weighted by molar-refractivity contribution is 6.03. The van der Waals surface area contributed by atoms with Crippen LogP contribution in [-0.2, 0) is 27.5 Å². The third kappa shape index (κ3) is 13.2. The van der Waals surface area contributed by atoms with Crippen LogP contribution in [0.4, 0.5) is 5.69 Å². The van der Waals surface area contributed by atoms with E-state index >= 15 is 4.79 Å². The quantitative estimate of drug-likeness (QED) is 0.0272. The van der Waals surface area contributed by atoms with Gasteiger partial charge in [0.1, 0.15) is 30.8 Å². The fourth-order valence-electron chi connectivity index (χ4n) is 11.1. The molecule has 1 fully saturated rings. The Morgan fingerprint density at radius 1 is 0.845 bits per heavy atom. The van der Waals surface area contributed by atoms with Crippen LogP contribution in [0.5, 0.6) is 23.0 Å². The summed E-state index contributed by atoms with van der Waals surface area (Å²) in [7, 11) is 0. The Balaban J connectivity index is 1.37. The average Bonchev–Trinajstić information content (AvgIpc) is 3.86. The molecule has 1 saturated carbocycles. The number of nitro benzene ring substituents is 1. The van der Waals surface area contributed by atoms with Gasteiger partial charge in [-0.25, -0.2) is 0 Å². The van der Waals surface area contributed by atoms with E-state index in [1.165, 1.54) is 44.2 Å². The van der Waals surface area contributed by atoms with Gasteiger partial charge in [-0.15, -0.1) is 6.58 Å². The van der Waals surface area contributed by atoms with Crippen LogP contribution >= 0.6 is 0 Å². The minimum absolute atomic E-state index is 0.0181. The predicted molar refractivity (Wildman–Crippen MR) is 273 cm³/mol. The molecule has 0 spiro atoms. The van der Waals surface area contributed by atoms with E-state index in [2.05, 4.69) is 32.2 Å². The zero-order valence-corrected chi connectivity index (χ0v) is 41.7. The van der Waals surface area contributed by atoms with Gasteiger partial charge in [-0.2, -0.15) is 0 Å². The zero-order chi connectivity index (χ0) is 50.0. The monoisotopic (exact) mass is 978 g/mol. The Kier molecular flexibility index (Phi) is 19.9. The van der Waals surface area contributed by atoms with E-state index in [9.17, 15) is 20.3 Å². The van der Waals surface area contributed by atoms with Gasteiger partial charge in [-0.1, -0.05) is 107 Å². The molecule has 3 aromatic carbocycles. The predicted octanol–water partition coefficient (Wildman–Crippen LogP) is 11.7. The van der Waals surface area contributed by atoms with Crippen LogP contribution in [0.1, 0.15) is 139 Å². The highest BCUT2D eigenvalue weighted by Gasteiger charge is 2.65. The molecule has 2 aliphatic carbocycles. The third-order valence-corrected chi connectivity index (χ3v) is 14.5. The summed E-state index contributed by atoms with van der Waals surface area (Å²) in [6, 6.07) is 17.2. The number of benzene rings is 3. The second kappa shape index (κ2) is 26.7. The standard InChI is InChI=1S/C57H75N3O11/c1-4-7-8-9-10-11-12-13-14-21-54(63)59(38-42-24-28-51-52(34-42)68-40-67-51)53-37-49(58-70-39-41-22-25-44(26-23-41)60(64)65)47-35-43(19-15-17-30-61)46(20-16-18-31-62)55-48-36-45(66-32-5-2)27-29-50(48)71-57(53,56(47)55)69-33-6-3/h5-6,22-29,34-36,43,46,53,55-56,61-62H,2-4,7-21,30-33,37-40H2,1H3/t43-,46+,53-,55+,56+,57+/m0/s1. The number of carbonyl (C=O) groups is 1. The molecule has 6 atom stereocenters. The number of fused-ring (bicyclic) bond motifs is 3. The molecule has 0 unspecified atom stereocenters. The molecule has 14 nitrogen and oxygen atoms in total. The first kappa shape index (κ1) is 53.1. The van der Waals surface area contributed by atoms with Crippen molar-refractivity contribution in [2.45, 2.75) is 147 Å². The van der Waals surface area contributed by atoms with Crippen LogP contribution in [0.3, 0.4) is 0 Å². The topological polar surface area (TPSA) is 172 Å². The molecule has 0 aromatic heterocycles. The van der Waals surface area contributed by atoms with Crippen LogP contribution in [0.2, 0.25) is 0 Å². The minimum atomic E-state index is -1.45. The highest BCUT2D eigenvalue weighted by atomic mass is 16.7. The number of allylic oxidation sites excluding steroid dienone is 1. The van der Waals surface area contributed by atoms with Gasteiger partial charge in [0.25, 0.3) is 5.69 Å². The number of oxime groups is 1. The van der Waals surface area contributed by atoms with Crippen molar-refractivity contribution in [3.05, 3.63) is 124 Å². The van der Waals surface area contributed by atoms with Crippen molar-refractivity contribution >= 4 is 17.3 Å². The molecule has 0 bridgehead atoms. The van der Waals surface area contributed by atoms with Crippen molar-refractivity contribution in [2.24, 2.45) is 22.9 Å². The van der Waals surface area contributed by atoms with Crippen molar-refractivity contribution in [2.75, 3.05) is 33.2 Å². The molecule has 0 saturated heterocycles. The van der Waals surface area contributed by atoms with Crippen molar-refractivity contribution in [1.29, 1.82) is 0 Å². The number of rotatable bonds is 31. The molecule has 2 aliphatic heterocycles. The van der Waals surface area contributed by atoms with Crippen LogP contribution in [0.15, 0.2) is 103 Å². The summed E-state index contributed by atoms with van der Waals surface area (Å²) >= 11 is 0. The summed E-state index contributed by atoms with van der Waals surface area (Å²) in [5.74, 6) is 0.388. The van der Waals surface area contributed by atoms with E-state index in [-0.39, 0.29) is 75.5 Å². The number of unbranched alkanes of at least 4 members (excludes halogenated alkanes) is 10. The zero-order valence-electron chi connectivity index (χ0n) is 41.7. The summed E-state index contributed by atoms with van der Waals surface area (Å²) in [4.78, 5) is 34.6. The smallest absolute Gasteiger partial charge is 0.269 e. The van der Waals surface area contributed by atoms with Crippen molar-refractivity contribution in [3.8, 4) is 23.0 Å². The van der Waals surface area contributed by atoms with E-state index in [4.69, 9.17) is 33.7 Å². The van der Waals surface area contributed by atoms with Gasteiger partial charge in [0.2, 0.25) is 18.5 Å². The average molecular weight is 978 g/mol. The van der Waals surface area contributed by atoms with Crippen molar-refractivity contribution in [1.82, 2.24) is 4.90 Å². The highest BCUT2D eigenvalue weighted by Crippen LogP contribution is 2.62. The Hall–Kier alpha value is -5.70. The molecule has 2 heterocycles. The lowest BCUT2D eigenvalue weighted by atomic mass is 9.55. The van der Waals surface area contributed by atoms with Crippen molar-refractivity contribution < 1.29 is 48.5 Å². The van der Waals surface area contributed by atoms with E-state index < -0.39 is 22.7 Å². The number of aliphatic hydroxyl groups is 2. The first-order valence-electron chi connectivity index (χ1n) is 26.1. The number of nitro groups is 1. The number of non-ortho nitro benzene ring substituents is 1. The Morgan fingerprint density at radius 2 is 1.54 bits per heavy atom. The number of hydrogen-bond acceptors (Lipinski definition) is 12. The molecule has 7 rings (SSSR count). The lowest BCUT2D eigenvalue weighted by molar-refractivity contribution is -0.384. The lowest BCUT2D eigenvalue weighted by Gasteiger charge is -2.60. The number of ether oxygens (including phenoxy) is 5. The van der Waals surface area contributed by atoms with Gasteiger partial charge in [-0.05, 0) is 103 Å². The fraction of sp³-hybridized carbons (Fsp3) is 0.544. The Bertz CT molecular complexity index is 2300. The minimum Gasteiger partial charge on any atom is -0.490 e. The lowest BCUT2D eigenvalue weighted by Crippen LogP contribution is -2.70. The number of carbonyl (C=O) groups excluding carboxylic acids is 1. The first-order chi connectivity index (χ1) is 34.7. The van der Waals surface area contributed by atoms with Crippen molar-refractivity contribution in [3.63, 3.8) is 0 Å². The summed E-state index contributed by atoms with van der Waals surface area (Å²) in [5.41, 5.74) is 4.06. The molecule has 4 aliphatic rings. The number of aliphatic hydroxyl groups excluding tert-OH is 2. The van der Waals surface area contributed by atoms with E-state index in [0.717, 1.165) is 68.1 Å². The maximum Gasteiger partial charge on any atom is 0.269 e. The Morgan fingerprint density at radius 3 is 2.25 bits per heavy atom. The molecule has 384 valence electrons. The molecule has 71 heavy (non-hydrogen) atoms. The third-order valence-electron chi connectivity index (χ3n) is 14.5. The molecule has 14 heteroatoms. The normalized spacial score (nSPS) is 22.2. The first-order valence-corrected chi connectivity index (χ1v) is 26.1. The largest absolute Gasteiger partial charge is 0.490 e. The van der Waals surface area contributed by atoms with Crippen LogP contribution in [-0.4, -0.2) is 76.7 Å². The molecule has 1 amide bonds. The summed E-state index contributed by atoms with van der Waals surface area (Å²) in [6.07, 6.45) is 20.8. The number of amides is 1. The SMILES string of the molecule is C=CCOc1ccc2c(c1)[C@H]1[C@H](CCCCO)[C@@H](CCCCO)C=C3C(=NOCc4ccc([N+](=O)[O-])cc4)C[C@H](N(Cc4ccc5c(c4)OCO5)C(=O)CCCCCCCCCCC)[C@@](OCC=C)(O2)[C@H]31. The maximum atomic E-state index is 15.4. The fourth-order valence-corrected chi connectivity index (χ4v) is 11.1. The van der Waals surface area contributed by atoms with Gasteiger partial charge < -0.3 is 43.6 Å². The maximum absolute atomic E-state index is 15.4. The van der Waals surface area contributed by atoms with Gasteiger partial charge in [0.05, 0.1) is 23.2 Å². The van der Waals surface area contributed by atoms with Crippen LogP contribution < -0.4 is 18.9 Å². The summed E-state index contributed by atoms with van der Waals surface area (Å²) < 4.78 is 32.5.